The first-order valence-corrected chi connectivity index (χ1v) is 11.8. The topological polar surface area (TPSA) is 74.2 Å². The Hall–Kier alpha value is -2.54. The van der Waals surface area contributed by atoms with Gasteiger partial charge in [0.15, 0.2) is 0 Å². The average Bonchev–Trinajstić information content (AvgIpc) is 3.09. The number of nitrogens with one attached hydrogen (secondary N) is 1. The van der Waals surface area contributed by atoms with Crippen LogP contribution in [-0.4, -0.2) is 63.4 Å². The maximum atomic E-state index is 12.8. The minimum absolute atomic E-state index is 0.306. The molecule has 2 aliphatic rings. The number of piperidine rings is 1. The number of amides is 1. The third kappa shape index (κ3) is 6.47. The fourth-order valence-corrected chi connectivity index (χ4v) is 4.65. The molecule has 2 aliphatic heterocycles. The van der Waals surface area contributed by atoms with Crippen molar-refractivity contribution in [2.24, 2.45) is 0 Å². The highest BCUT2D eigenvalue weighted by atomic mass is 16.2. The number of hydrogen-bond acceptors (Lipinski definition) is 6. The SMILES string of the molecule is O=C(CCCN1CCCCCC1)N1CCC[C@@H](c2ccc(Nc3cnccn3)cn2)C1. The van der Waals surface area contributed by atoms with Gasteiger partial charge in [0.2, 0.25) is 5.91 Å². The molecule has 1 amide bonds. The molecule has 0 radical (unpaired) electrons. The van der Waals surface area contributed by atoms with E-state index in [9.17, 15) is 4.79 Å². The molecule has 0 unspecified atom stereocenters. The normalized spacial score (nSPS) is 20.3. The van der Waals surface area contributed by atoms with E-state index in [1.165, 1.54) is 38.8 Å². The van der Waals surface area contributed by atoms with Crippen molar-refractivity contribution in [3.63, 3.8) is 0 Å². The summed E-state index contributed by atoms with van der Waals surface area (Å²) in [4.78, 5) is 30.4. The van der Waals surface area contributed by atoms with Gasteiger partial charge in [0, 0.05) is 43.5 Å². The van der Waals surface area contributed by atoms with E-state index in [0.717, 1.165) is 50.3 Å². The lowest BCUT2D eigenvalue weighted by Gasteiger charge is -2.33. The van der Waals surface area contributed by atoms with Gasteiger partial charge in [-0.25, -0.2) is 4.98 Å². The molecule has 0 spiro atoms. The molecule has 0 saturated carbocycles. The van der Waals surface area contributed by atoms with Crippen LogP contribution in [-0.2, 0) is 4.79 Å². The van der Waals surface area contributed by atoms with Gasteiger partial charge >= 0.3 is 0 Å². The van der Waals surface area contributed by atoms with Crippen LogP contribution < -0.4 is 5.32 Å². The van der Waals surface area contributed by atoms with Crippen molar-refractivity contribution in [3.8, 4) is 0 Å². The number of likely N-dealkylation sites (tertiary alicyclic amines) is 2. The largest absolute Gasteiger partial charge is 0.342 e. The Morgan fingerprint density at radius 2 is 1.87 bits per heavy atom. The highest BCUT2D eigenvalue weighted by molar-refractivity contribution is 5.76. The first-order chi connectivity index (χ1) is 15.3. The second-order valence-corrected chi connectivity index (χ2v) is 8.73. The van der Waals surface area contributed by atoms with E-state index in [-0.39, 0.29) is 0 Å². The molecule has 0 aromatic carbocycles. The molecule has 1 atom stereocenters. The third-order valence-electron chi connectivity index (χ3n) is 6.38. The molecular formula is C24H34N6O. The lowest BCUT2D eigenvalue weighted by molar-refractivity contribution is -0.132. The van der Waals surface area contributed by atoms with Crippen molar-refractivity contribution >= 4 is 17.4 Å². The Morgan fingerprint density at radius 1 is 1.00 bits per heavy atom. The minimum atomic E-state index is 0.306. The van der Waals surface area contributed by atoms with E-state index in [0.29, 0.717) is 24.1 Å². The Morgan fingerprint density at radius 3 is 2.61 bits per heavy atom. The number of nitrogens with zero attached hydrogens (tertiary/aromatic N) is 5. The minimum Gasteiger partial charge on any atom is -0.342 e. The van der Waals surface area contributed by atoms with Crippen LogP contribution in [0.25, 0.3) is 0 Å². The van der Waals surface area contributed by atoms with Crippen molar-refractivity contribution in [1.29, 1.82) is 0 Å². The molecule has 2 aromatic rings. The van der Waals surface area contributed by atoms with E-state index >= 15 is 0 Å². The van der Waals surface area contributed by atoms with Crippen LogP contribution in [0.3, 0.4) is 0 Å². The highest BCUT2D eigenvalue weighted by Crippen LogP contribution is 2.27. The summed E-state index contributed by atoms with van der Waals surface area (Å²) in [5, 5.41) is 3.21. The molecule has 166 valence electrons. The van der Waals surface area contributed by atoms with Gasteiger partial charge in [0.25, 0.3) is 0 Å². The monoisotopic (exact) mass is 422 g/mol. The van der Waals surface area contributed by atoms with Crippen LogP contribution >= 0.6 is 0 Å². The molecular weight excluding hydrogens is 388 g/mol. The lowest BCUT2D eigenvalue weighted by atomic mass is 9.94. The van der Waals surface area contributed by atoms with Crippen LogP contribution in [0.5, 0.6) is 0 Å². The second-order valence-electron chi connectivity index (χ2n) is 8.73. The fourth-order valence-electron chi connectivity index (χ4n) is 4.65. The lowest BCUT2D eigenvalue weighted by Crippen LogP contribution is -2.39. The highest BCUT2D eigenvalue weighted by Gasteiger charge is 2.25. The quantitative estimate of drug-likeness (QED) is 0.728. The Bertz CT molecular complexity index is 805. The van der Waals surface area contributed by atoms with Crippen LogP contribution in [0.4, 0.5) is 11.5 Å². The van der Waals surface area contributed by atoms with Crippen molar-refractivity contribution < 1.29 is 4.79 Å². The van der Waals surface area contributed by atoms with Crippen LogP contribution in [0, 0.1) is 0 Å². The summed E-state index contributed by atoms with van der Waals surface area (Å²) in [7, 11) is 0. The van der Waals surface area contributed by atoms with E-state index in [1.54, 1.807) is 18.6 Å². The van der Waals surface area contributed by atoms with Gasteiger partial charge in [-0.3, -0.25) is 14.8 Å². The molecule has 2 fully saturated rings. The van der Waals surface area contributed by atoms with Gasteiger partial charge in [0.1, 0.15) is 5.82 Å². The Labute approximate surface area is 185 Å². The number of carbonyl (C=O) groups is 1. The zero-order chi connectivity index (χ0) is 21.3. The predicted molar refractivity (Wildman–Crippen MR) is 122 cm³/mol. The first-order valence-electron chi connectivity index (χ1n) is 11.8. The molecule has 7 heteroatoms. The summed E-state index contributed by atoms with van der Waals surface area (Å²) in [5.41, 5.74) is 1.95. The van der Waals surface area contributed by atoms with Crippen LogP contribution in [0.1, 0.15) is 63.0 Å². The van der Waals surface area contributed by atoms with E-state index in [2.05, 4.69) is 36.1 Å². The van der Waals surface area contributed by atoms with Crippen molar-refractivity contribution in [2.45, 2.75) is 57.3 Å². The van der Waals surface area contributed by atoms with E-state index in [1.807, 2.05) is 12.3 Å². The van der Waals surface area contributed by atoms with Crippen molar-refractivity contribution in [3.05, 3.63) is 42.6 Å². The molecule has 0 bridgehead atoms. The number of anilines is 2. The average molecular weight is 423 g/mol. The van der Waals surface area contributed by atoms with Gasteiger partial charge in [-0.2, -0.15) is 0 Å². The molecule has 4 rings (SSSR count). The van der Waals surface area contributed by atoms with Crippen molar-refractivity contribution in [1.82, 2.24) is 24.8 Å². The summed E-state index contributed by atoms with van der Waals surface area (Å²) in [6.45, 7) is 5.13. The molecule has 2 saturated heterocycles. The Kier molecular flexibility index (Phi) is 7.82. The van der Waals surface area contributed by atoms with Gasteiger partial charge < -0.3 is 15.1 Å². The van der Waals surface area contributed by atoms with Gasteiger partial charge in [0.05, 0.1) is 18.1 Å². The molecule has 1 N–H and O–H groups in total. The standard InChI is InChI=1S/C24H34N6O/c31-24(8-6-15-29-13-3-1-2-4-14-29)30-16-5-7-20(19-30)22-10-9-21(17-27-22)28-23-18-25-11-12-26-23/h9-12,17-18,20H,1-8,13-16,19H2,(H,26,28)/t20-/m1/s1. The molecule has 4 heterocycles. The molecule has 0 aliphatic carbocycles. The summed E-state index contributed by atoms with van der Waals surface area (Å²) >= 11 is 0. The van der Waals surface area contributed by atoms with E-state index < -0.39 is 0 Å². The fraction of sp³-hybridized carbons (Fsp3) is 0.583. The molecule has 2 aromatic heterocycles. The number of hydrogen-bond donors (Lipinski definition) is 1. The maximum absolute atomic E-state index is 12.8. The predicted octanol–water partition coefficient (Wildman–Crippen LogP) is 3.98. The zero-order valence-corrected chi connectivity index (χ0v) is 18.4. The maximum Gasteiger partial charge on any atom is 0.222 e. The van der Waals surface area contributed by atoms with Crippen LogP contribution in [0.2, 0.25) is 0 Å². The van der Waals surface area contributed by atoms with Crippen LogP contribution in [0.15, 0.2) is 36.9 Å². The van der Waals surface area contributed by atoms with Crippen molar-refractivity contribution in [2.75, 3.05) is 38.0 Å². The number of pyridine rings is 1. The zero-order valence-electron chi connectivity index (χ0n) is 18.4. The smallest absolute Gasteiger partial charge is 0.222 e. The summed E-state index contributed by atoms with van der Waals surface area (Å²) < 4.78 is 0. The summed E-state index contributed by atoms with van der Waals surface area (Å²) in [6.07, 6.45) is 15.9. The third-order valence-corrected chi connectivity index (χ3v) is 6.38. The molecule has 31 heavy (non-hydrogen) atoms. The van der Waals surface area contributed by atoms with E-state index in [4.69, 9.17) is 0 Å². The van der Waals surface area contributed by atoms with Gasteiger partial charge in [-0.1, -0.05) is 12.8 Å². The second kappa shape index (κ2) is 11.2. The number of carbonyl (C=O) groups excluding carboxylic acids is 1. The number of rotatable bonds is 7. The first kappa shape index (κ1) is 21.7. The summed E-state index contributed by atoms with van der Waals surface area (Å²) in [5.74, 6) is 1.32. The summed E-state index contributed by atoms with van der Waals surface area (Å²) in [6, 6.07) is 4.09. The number of aromatic nitrogens is 3. The van der Waals surface area contributed by atoms with Gasteiger partial charge in [-0.05, 0) is 63.9 Å². The van der Waals surface area contributed by atoms with Gasteiger partial charge in [-0.15, -0.1) is 0 Å². The molecule has 7 nitrogen and oxygen atoms in total. The Balaban J connectivity index is 1.25.